The summed E-state index contributed by atoms with van der Waals surface area (Å²) in [6.07, 6.45) is 3.56. The maximum atomic E-state index is 13.7. The van der Waals surface area contributed by atoms with E-state index in [2.05, 4.69) is 20.8 Å². The minimum absolute atomic E-state index is 0.141. The zero-order valence-electron chi connectivity index (χ0n) is 10.6. The molecule has 0 atom stereocenters. The Morgan fingerprint density at radius 2 is 2.00 bits per heavy atom. The number of rotatable bonds is 3. The molecule has 0 amide bonds. The molecule has 1 aromatic rings. The van der Waals surface area contributed by atoms with Crippen LogP contribution in [0, 0.1) is 5.82 Å². The van der Waals surface area contributed by atoms with E-state index in [0.29, 0.717) is 12.6 Å². The van der Waals surface area contributed by atoms with Gasteiger partial charge in [0, 0.05) is 22.6 Å². The molecule has 0 saturated heterocycles. The molecular weight excluding hydrogens is 297 g/mol. The van der Waals surface area contributed by atoms with Gasteiger partial charge in [-0.3, -0.25) is 4.90 Å². The highest BCUT2D eigenvalue weighted by Crippen LogP contribution is 2.24. The topological polar surface area (TPSA) is 23.5 Å². The van der Waals surface area contributed by atoms with Crippen LogP contribution in [-0.4, -0.2) is 29.2 Å². The molecule has 0 heterocycles. The fraction of sp³-hybridized carbons (Fsp3) is 0.571. The summed E-state index contributed by atoms with van der Waals surface area (Å²) >= 11 is 3.37. The predicted octanol–water partition coefficient (Wildman–Crippen LogP) is 3.32. The highest BCUT2D eigenvalue weighted by Gasteiger charge is 2.23. The van der Waals surface area contributed by atoms with Crippen molar-refractivity contribution < 1.29 is 9.50 Å². The second-order valence-corrected chi connectivity index (χ2v) is 6.03. The molecule has 1 saturated carbocycles. The quantitative estimate of drug-likeness (QED) is 0.925. The first kappa shape index (κ1) is 14.0. The monoisotopic (exact) mass is 315 g/mol. The first-order chi connectivity index (χ1) is 8.56. The molecular formula is C14H19BrFNO. The Hall–Kier alpha value is -0.450. The summed E-state index contributed by atoms with van der Waals surface area (Å²) in [5, 5.41) is 9.49. The van der Waals surface area contributed by atoms with Crippen LogP contribution in [-0.2, 0) is 6.54 Å². The third-order valence-electron chi connectivity index (χ3n) is 3.72. The third kappa shape index (κ3) is 3.53. The molecule has 0 radical (unpaired) electrons. The van der Waals surface area contributed by atoms with Crippen LogP contribution in [0.5, 0.6) is 0 Å². The van der Waals surface area contributed by atoms with E-state index in [9.17, 15) is 9.50 Å². The second-order valence-electron chi connectivity index (χ2n) is 5.11. The Kier molecular flexibility index (Phi) is 4.76. The van der Waals surface area contributed by atoms with Gasteiger partial charge in [0.25, 0.3) is 0 Å². The Labute approximate surface area is 116 Å². The van der Waals surface area contributed by atoms with Gasteiger partial charge in [-0.05, 0) is 50.9 Å². The lowest BCUT2D eigenvalue weighted by atomic mass is 9.92. The molecule has 1 aliphatic carbocycles. The number of hydrogen-bond donors (Lipinski definition) is 1. The van der Waals surface area contributed by atoms with Gasteiger partial charge in [0.2, 0.25) is 0 Å². The Morgan fingerprint density at radius 1 is 1.33 bits per heavy atom. The lowest BCUT2D eigenvalue weighted by Gasteiger charge is -2.33. The minimum atomic E-state index is -0.152. The number of halogens is 2. The van der Waals surface area contributed by atoms with Gasteiger partial charge in [-0.2, -0.15) is 0 Å². The fourth-order valence-corrected chi connectivity index (χ4v) is 2.97. The largest absolute Gasteiger partial charge is 0.393 e. The van der Waals surface area contributed by atoms with E-state index >= 15 is 0 Å². The molecule has 0 aliphatic heterocycles. The number of benzene rings is 1. The molecule has 1 fully saturated rings. The summed E-state index contributed by atoms with van der Waals surface area (Å²) in [4.78, 5) is 2.19. The molecule has 2 nitrogen and oxygen atoms in total. The highest BCUT2D eigenvalue weighted by atomic mass is 79.9. The molecule has 0 bridgehead atoms. The van der Waals surface area contributed by atoms with Gasteiger partial charge >= 0.3 is 0 Å². The van der Waals surface area contributed by atoms with E-state index in [1.807, 2.05) is 13.1 Å². The Balaban J connectivity index is 1.98. The van der Waals surface area contributed by atoms with E-state index in [4.69, 9.17) is 0 Å². The van der Waals surface area contributed by atoms with Crippen LogP contribution in [0.3, 0.4) is 0 Å². The van der Waals surface area contributed by atoms with E-state index in [-0.39, 0.29) is 11.9 Å². The number of aliphatic hydroxyl groups is 1. The summed E-state index contributed by atoms with van der Waals surface area (Å²) in [6, 6.07) is 5.50. The van der Waals surface area contributed by atoms with Crippen LogP contribution in [0.2, 0.25) is 0 Å². The van der Waals surface area contributed by atoms with Crippen molar-refractivity contribution in [2.75, 3.05) is 7.05 Å². The zero-order valence-corrected chi connectivity index (χ0v) is 12.2. The van der Waals surface area contributed by atoms with Crippen molar-refractivity contribution in [2.45, 2.75) is 44.4 Å². The van der Waals surface area contributed by atoms with Crippen molar-refractivity contribution >= 4 is 15.9 Å². The molecule has 1 aromatic carbocycles. The molecule has 18 heavy (non-hydrogen) atoms. The van der Waals surface area contributed by atoms with Crippen LogP contribution >= 0.6 is 15.9 Å². The minimum Gasteiger partial charge on any atom is -0.393 e. The van der Waals surface area contributed by atoms with Gasteiger partial charge in [-0.15, -0.1) is 0 Å². The van der Waals surface area contributed by atoms with E-state index in [0.717, 1.165) is 35.7 Å². The summed E-state index contributed by atoms with van der Waals surface area (Å²) in [5.74, 6) is -0.152. The van der Waals surface area contributed by atoms with Crippen molar-refractivity contribution in [3.05, 3.63) is 34.1 Å². The van der Waals surface area contributed by atoms with Crippen molar-refractivity contribution in [1.29, 1.82) is 0 Å². The maximum absolute atomic E-state index is 13.7. The molecule has 4 heteroatoms. The van der Waals surface area contributed by atoms with E-state index < -0.39 is 0 Å². The predicted molar refractivity (Wildman–Crippen MR) is 73.8 cm³/mol. The normalized spacial score (nSPS) is 24.5. The molecule has 0 aromatic heterocycles. The smallest absolute Gasteiger partial charge is 0.127 e. The standard InChI is InChI=1S/C14H19BrFNO/c1-17(12-3-5-13(18)6-4-12)9-10-8-11(15)2-7-14(10)16/h2,7-8,12-13,18H,3-6,9H2,1H3. The summed E-state index contributed by atoms with van der Waals surface area (Å²) in [5.41, 5.74) is 0.720. The first-order valence-electron chi connectivity index (χ1n) is 6.38. The van der Waals surface area contributed by atoms with Gasteiger partial charge in [-0.25, -0.2) is 4.39 Å². The maximum Gasteiger partial charge on any atom is 0.127 e. The van der Waals surface area contributed by atoms with Crippen LogP contribution in [0.4, 0.5) is 4.39 Å². The van der Waals surface area contributed by atoms with Crippen molar-refractivity contribution in [1.82, 2.24) is 4.90 Å². The Morgan fingerprint density at radius 3 is 2.67 bits per heavy atom. The average Bonchev–Trinajstić information content (AvgIpc) is 2.34. The molecule has 2 rings (SSSR count). The molecule has 1 N–H and O–H groups in total. The van der Waals surface area contributed by atoms with Gasteiger partial charge in [-0.1, -0.05) is 15.9 Å². The van der Waals surface area contributed by atoms with Gasteiger partial charge in [0.15, 0.2) is 0 Å². The van der Waals surface area contributed by atoms with Crippen LogP contribution in [0.25, 0.3) is 0 Å². The molecule has 100 valence electrons. The van der Waals surface area contributed by atoms with E-state index in [1.165, 1.54) is 6.07 Å². The lowest BCUT2D eigenvalue weighted by molar-refractivity contribution is 0.0814. The van der Waals surface area contributed by atoms with Crippen molar-refractivity contribution in [3.8, 4) is 0 Å². The Bertz CT molecular complexity index is 405. The van der Waals surface area contributed by atoms with Gasteiger partial charge in [0.1, 0.15) is 5.82 Å². The fourth-order valence-electron chi connectivity index (χ4n) is 2.56. The molecule has 1 aliphatic rings. The van der Waals surface area contributed by atoms with Crippen LogP contribution in [0.1, 0.15) is 31.2 Å². The summed E-state index contributed by atoms with van der Waals surface area (Å²) in [6.45, 7) is 0.617. The van der Waals surface area contributed by atoms with Crippen LogP contribution < -0.4 is 0 Å². The summed E-state index contributed by atoms with van der Waals surface area (Å²) < 4.78 is 14.6. The van der Waals surface area contributed by atoms with Crippen molar-refractivity contribution in [3.63, 3.8) is 0 Å². The van der Waals surface area contributed by atoms with Crippen molar-refractivity contribution in [2.24, 2.45) is 0 Å². The highest BCUT2D eigenvalue weighted by molar-refractivity contribution is 9.10. The third-order valence-corrected chi connectivity index (χ3v) is 4.21. The molecule has 0 spiro atoms. The number of nitrogens with zero attached hydrogens (tertiary/aromatic N) is 1. The number of hydrogen-bond acceptors (Lipinski definition) is 2. The zero-order chi connectivity index (χ0) is 13.1. The average molecular weight is 316 g/mol. The van der Waals surface area contributed by atoms with E-state index in [1.54, 1.807) is 6.07 Å². The lowest BCUT2D eigenvalue weighted by Crippen LogP contribution is -2.36. The van der Waals surface area contributed by atoms with Gasteiger partial charge < -0.3 is 5.11 Å². The summed E-state index contributed by atoms with van der Waals surface area (Å²) in [7, 11) is 2.03. The van der Waals surface area contributed by atoms with Gasteiger partial charge in [0.05, 0.1) is 6.10 Å². The SMILES string of the molecule is CN(Cc1cc(Br)ccc1F)C1CCC(O)CC1. The van der Waals surface area contributed by atoms with Crippen LogP contribution in [0.15, 0.2) is 22.7 Å². The second kappa shape index (κ2) is 6.13. The molecule has 0 unspecified atom stereocenters. The number of aliphatic hydroxyl groups excluding tert-OH is 1. The first-order valence-corrected chi connectivity index (χ1v) is 7.18.